The Bertz CT molecular complexity index is 688. The molecule has 0 radical (unpaired) electrons. The van der Waals surface area contributed by atoms with Gasteiger partial charge in [-0.25, -0.2) is 4.98 Å². The van der Waals surface area contributed by atoms with E-state index in [-0.39, 0.29) is 0 Å². The fourth-order valence-corrected chi connectivity index (χ4v) is 3.21. The van der Waals surface area contributed by atoms with Gasteiger partial charge in [-0.1, -0.05) is 0 Å². The predicted molar refractivity (Wildman–Crippen MR) is 79.0 cm³/mol. The van der Waals surface area contributed by atoms with E-state index in [0.29, 0.717) is 0 Å². The Morgan fingerprint density at radius 2 is 2.16 bits per heavy atom. The van der Waals surface area contributed by atoms with Crippen molar-refractivity contribution in [2.45, 2.75) is 11.9 Å². The fraction of sp³-hybridized carbons (Fsp3) is 0.154. The van der Waals surface area contributed by atoms with Crippen molar-refractivity contribution in [1.82, 2.24) is 19.7 Å². The minimum absolute atomic E-state index is 0.952. The number of hydrogen-bond donors (Lipinski definition) is 0. The third kappa shape index (κ3) is 2.41. The molecule has 0 saturated carbocycles. The second-order valence-corrected chi connectivity index (χ2v) is 5.91. The molecular weight excluding hydrogens is 276 g/mol. The minimum Gasteiger partial charge on any atom is -0.298 e. The van der Waals surface area contributed by atoms with Crippen LogP contribution in [0.4, 0.5) is 0 Å². The van der Waals surface area contributed by atoms with Gasteiger partial charge >= 0.3 is 0 Å². The highest BCUT2D eigenvalue weighted by molar-refractivity contribution is 7.98. The monoisotopic (exact) mass is 288 g/mol. The van der Waals surface area contributed by atoms with Crippen LogP contribution in [0.15, 0.2) is 41.9 Å². The van der Waals surface area contributed by atoms with E-state index >= 15 is 0 Å². The number of rotatable bonds is 3. The standard InChI is InChI=1S/C13H12N4S2/c1-9-7-11(18-2)15-16-13(9)10-3-4-12(19-10)17-6-5-14-8-17/h3-8H,1-2H3. The van der Waals surface area contributed by atoms with Gasteiger partial charge in [0.2, 0.25) is 0 Å². The first-order valence-electron chi connectivity index (χ1n) is 5.75. The van der Waals surface area contributed by atoms with Crippen LogP contribution in [0.1, 0.15) is 5.56 Å². The van der Waals surface area contributed by atoms with Crippen LogP contribution in [-0.2, 0) is 0 Å². The van der Waals surface area contributed by atoms with Gasteiger partial charge in [-0.05, 0) is 36.9 Å². The van der Waals surface area contributed by atoms with Crippen LogP contribution in [0.2, 0.25) is 0 Å². The molecule has 3 aromatic heterocycles. The molecule has 0 amide bonds. The average Bonchev–Trinajstić information content (AvgIpc) is 3.09. The van der Waals surface area contributed by atoms with Gasteiger partial charge in [0, 0.05) is 12.4 Å². The largest absolute Gasteiger partial charge is 0.298 e. The highest BCUT2D eigenvalue weighted by atomic mass is 32.2. The maximum absolute atomic E-state index is 4.33. The van der Waals surface area contributed by atoms with Crippen molar-refractivity contribution in [1.29, 1.82) is 0 Å². The molecular formula is C13H12N4S2. The Kier molecular flexibility index (Phi) is 3.35. The van der Waals surface area contributed by atoms with Crippen LogP contribution in [-0.4, -0.2) is 26.0 Å². The maximum Gasteiger partial charge on any atom is 0.119 e. The van der Waals surface area contributed by atoms with E-state index in [9.17, 15) is 0 Å². The third-order valence-corrected chi connectivity index (χ3v) is 4.48. The van der Waals surface area contributed by atoms with E-state index in [2.05, 4.69) is 40.3 Å². The quantitative estimate of drug-likeness (QED) is 0.693. The molecule has 0 aliphatic heterocycles. The first-order chi connectivity index (χ1) is 9.28. The Morgan fingerprint density at radius 3 is 2.84 bits per heavy atom. The van der Waals surface area contributed by atoms with Crippen LogP contribution in [0.3, 0.4) is 0 Å². The van der Waals surface area contributed by atoms with Crippen molar-refractivity contribution < 1.29 is 0 Å². The lowest BCUT2D eigenvalue weighted by molar-refractivity contribution is 0.927. The van der Waals surface area contributed by atoms with E-state index in [0.717, 1.165) is 26.2 Å². The molecule has 0 saturated heterocycles. The first kappa shape index (κ1) is 12.4. The highest BCUT2D eigenvalue weighted by Gasteiger charge is 2.09. The highest BCUT2D eigenvalue weighted by Crippen LogP contribution is 2.31. The average molecular weight is 288 g/mol. The number of aromatic nitrogens is 4. The molecule has 0 atom stereocenters. The van der Waals surface area contributed by atoms with Crippen LogP contribution in [0, 0.1) is 6.92 Å². The maximum atomic E-state index is 4.33. The van der Waals surface area contributed by atoms with Gasteiger partial charge in [-0.15, -0.1) is 33.3 Å². The molecule has 3 heterocycles. The summed E-state index contributed by atoms with van der Waals surface area (Å²) in [6.45, 7) is 2.07. The molecule has 0 spiro atoms. The Morgan fingerprint density at radius 1 is 1.26 bits per heavy atom. The van der Waals surface area contributed by atoms with Crippen molar-refractivity contribution in [2.75, 3.05) is 6.26 Å². The fourth-order valence-electron chi connectivity index (χ4n) is 1.79. The molecule has 0 bridgehead atoms. The smallest absolute Gasteiger partial charge is 0.119 e. The normalized spacial score (nSPS) is 10.8. The zero-order chi connectivity index (χ0) is 13.2. The van der Waals surface area contributed by atoms with Crippen LogP contribution in [0.25, 0.3) is 15.6 Å². The van der Waals surface area contributed by atoms with Gasteiger partial charge in [0.15, 0.2) is 0 Å². The second-order valence-electron chi connectivity index (χ2n) is 4.03. The Balaban J connectivity index is 1.99. The van der Waals surface area contributed by atoms with E-state index in [1.807, 2.05) is 17.0 Å². The van der Waals surface area contributed by atoms with Crippen molar-refractivity contribution in [2.24, 2.45) is 0 Å². The summed E-state index contributed by atoms with van der Waals surface area (Å²) in [6, 6.07) is 6.23. The van der Waals surface area contributed by atoms with Gasteiger partial charge in [-0.3, -0.25) is 4.57 Å². The van der Waals surface area contributed by atoms with Crippen molar-refractivity contribution in [3.05, 3.63) is 42.5 Å². The van der Waals surface area contributed by atoms with Crippen LogP contribution in [0.5, 0.6) is 0 Å². The molecule has 0 fully saturated rings. The Labute approximate surface area is 119 Å². The SMILES string of the molecule is CSc1cc(C)c(-c2ccc(-n3ccnc3)s2)nn1. The summed E-state index contributed by atoms with van der Waals surface area (Å²) < 4.78 is 1.99. The molecule has 0 N–H and O–H groups in total. The second kappa shape index (κ2) is 5.14. The van der Waals surface area contributed by atoms with Crippen molar-refractivity contribution in [3.8, 4) is 15.6 Å². The van der Waals surface area contributed by atoms with Gasteiger partial charge < -0.3 is 0 Å². The van der Waals surface area contributed by atoms with Gasteiger partial charge in [-0.2, -0.15) is 0 Å². The van der Waals surface area contributed by atoms with E-state index < -0.39 is 0 Å². The van der Waals surface area contributed by atoms with Crippen LogP contribution >= 0.6 is 23.1 Å². The van der Waals surface area contributed by atoms with Gasteiger partial charge in [0.05, 0.1) is 11.2 Å². The summed E-state index contributed by atoms with van der Waals surface area (Å²) in [4.78, 5) is 5.19. The minimum atomic E-state index is 0.952. The number of hydrogen-bond acceptors (Lipinski definition) is 5. The Hall–Kier alpha value is -1.66. The van der Waals surface area contributed by atoms with E-state index in [1.54, 1.807) is 35.6 Å². The molecule has 3 aromatic rings. The lowest BCUT2D eigenvalue weighted by Crippen LogP contribution is -1.91. The number of imidazole rings is 1. The zero-order valence-electron chi connectivity index (χ0n) is 10.6. The summed E-state index contributed by atoms with van der Waals surface area (Å²) in [5.74, 6) is 0. The third-order valence-electron chi connectivity index (χ3n) is 2.76. The molecule has 0 aliphatic rings. The van der Waals surface area contributed by atoms with Crippen molar-refractivity contribution in [3.63, 3.8) is 0 Å². The molecule has 0 aliphatic carbocycles. The molecule has 0 aromatic carbocycles. The predicted octanol–water partition coefficient (Wildman–Crippen LogP) is 3.42. The molecule has 96 valence electrons. The van der Waals surface area contributed by atoms with E-state index in [1.165, 1.54) is 0 Å². The van der Waals surface area contributed by atoms with Gasteiger partial charge in [0.1, 0.15) is 15.7 Å². The van der Waals surface area contributed by atoms with Crippen molar-refractivity contribution >= 4 is 23.1 Å². The summed E-state index contributed by atoms with van der Waals surface area (Å²) in [7, 11) is 0. The van der Waals surface area contributed by atoms with Crippen LogP contribution < -0.4 is 0 Å². The topological polar surface area (TPSA) is 43.6 Å². The number of aryl methyl sites for hydroxylation is 1. The number of nitrogens with zero attached hydrogens (tertiary/aromatic N) is 4. The summed E-state index contributed by atoms with van der Waals surface area (Å²) >= 11 is 3.29. The number of thioether (sulfide) groups is 1. The lowest BCUT2D eigenvalue weighted by Gasteiger charge is -2.02. The zero-order valence-corrected chi connectivity index (χ0v) is 12.2. The first-order valence-corrected chi connectivity index (χ1v) is 7.79. The molecule has 0 unspecified atom stereocenters. The molecule has 19 heavy (non-hydrogen) atoms. The van der Waals surface area contributed by atoms with Gasteiger partial charge in [0.25, 0.3) is 0 Å². The van der Waals surface area contributed by atoms with E-state index in [4.69, 9.17) is 0 Å². The summed E-state index contributed by atoms with van der Waals surface area (Å²) in [5, 5.41) is 10.6. The summed E-state index contributed by atoms with van der Waals surface area (Å²) in [5.41, 5.74) is 2.10. The molecule has 4 nitrogen and oxygen atoms in total. The summed E-state index contributed by atoms with van der Waals surface area (Å²) in [6.07, 6.45) is 7.51. The number of thiophene rings is 1. The lowest BCUT2D eigenvalue weighted by atomic mass is 10.2. The molecule has 6 heteroatoms. The molecule has 3 rings (SSSR count).